The van der Waals surface area contributed by atoms with Crippen molar-refractivity contribution >= 4 is 56.4 Å². The van der Waals surface area contributed by atoms with Gasteiger partial charge in [-0.25, -0.2) is 13.1 Å². The number of nitro benzene ring substituents is 1. The average Bonchev–Trinajstić information content (AvgIpc) is 3.22. The van der Waals surface area contributed by atoms with Crippen molar-refractivity contribution in [2.45, 2.75) is 47.7 Å². The van der Waals surface area contributed by atoms with Gasteiger partial charge >= 0.3 is 0 Å². The van der Waals surface area contributed by atoms with E-state index < -0.39 is 26.5 Å². The third-order valence-electron chi connectivity index (χ3n) is 10.4. The smallest absolute Gasteiger partial charge is 0.293 e. The standard InChI is InChI=1S/C44H49ClN6O5S2/c1-48(2)26-23-36(31-57-39-10-5-4-6-11-39)46-42-22-21-40(29-43(42)51(53)54)58(55,56)47-44(52)33-15-19-38(20-16-33)50-27-24-37(25-28-50)49(3)30-34-9-7-8-12-41(34)32-13-17-35(45)18-14-32/h4-22,29,36-37,46H,23-28,30-31H2,1-3H3,(H,47,52). The minimum absolute atomic E-state index is 0.140. The Morgan fingerprint density at radius 3 is 2.26 bits per heavy atom. The predicted molar refractivity (Wildman–Crippen MR) is 236 cm³/mol. The van der Waals surface area contributed by atoms with Gasteiger partial charge in [0.05, 0.1) is 9.82 Å². The molecule has 1 fully saturated rings. The summed E-state index contributed by atoms with van der Waals surface area (Å²) in [7, 11) is 1.66. The van der Waals surface area contributed by atoms with E-state index in [1.54, 1.807) is 23.9 Å². The number of sulfonamides is 1. The molecule has 0 radical (unpaired) electrons. The highest BCUT2D eigenvalue weighted by atomic mass is 35.5. The van der Waals surface area contributed by atoms with Crippen molar-refractivity contribution in [2.75, 3.05) is 56.7 Å². The number of hydrogen-bond donors (Lipinski definition) is 2. The van der Waals surface area contributed by atoms with Crippen LogP contribution in [0.25, 0.3) is 11.1 Å². The Kier molecular flexibility index (Phi) is 14.5. The summed E-state index contributed by atoms with van der Waals surface area (Å²) in [5, 5.41) is 16.2. The first kappa shape index (κ1) is 42.7. The molecule has 1 saturated heterocycles. The van der Waals surface area contributed by atoms with Crippen molar-refractivity contribution in [1.82, 2.24) is 14.5 Å². The second-order valence-electron chi connectivity index (χ2n) is 14.8. The zero-order chi connectivity index (χ0) is 41.2. The number of nitrogens with zero attached hydrogens (tertiary/aromatic N) is 4. The van der Waals surface area contributed by atoms with Gasteiger partial charge in [0.15, 0.2) is 0 Å². The molecule has 0 spiro atoms. The quantitative estimate of drug-likeness (QED) is 0.0534. The monoisotopic (exact) mass is 840 g/mol. The van der Waals surface area contributed by atoms with Gasteiger partial charge in [-0.15, -0.1) is 11.8 Å². The van der Waals surface area contributed by atoms with Gasteiger partial charge in [0, 0.05) is 64.7 Å². The Morgan fingerprint density at radius 1 is 0.914 bits per heavy atom. The number of benzene rings is 5. The van der Waals surface area contributed by atoms with Crippen molar-refractivity contribution in [3.05, 3.63) is 148 Å². The number of anilines is 2. The maximum atomic E-state index is 13.4. The fourth-order valence-corrected chi connectivity index (χ4v) is 9.20. The van der Waals surface area contributed by atoms with Gasteiger partial charge < -0.3 is 15.1 Å². The number of thioether (sulfide) groups is 1. The number of rotatable bonds is 17. The zero-order valence-corrected chi connectivity index (χ0v) is 35.3. The zero-order valence-electron chi connectivity index (χ0n) is 32.9. The van der Waals surface area contributed by atoms with Gasteiger partial charge in [0.25, 0.3) is 21.6 Å². The van der Waals surface area contributed by atoms with Crippen molar-refractivity contribution in [1.29, 1.82) is 0 Å². The summed E-state index contributed by atoms with van der Waals surface area (Å²) in [4.78, 5) is 32.2. The first-order valence-corrected chi connectivity index (χ1v) is 22.0. The number of halogens is 1. The van der Waals surface area contributed by atoms with Crippen LogP contribution in [-0.4, -0.2) is 87.7 Å². The van der Waals surface area contributed by atoms with Crippen LogP contribution in [0, 0.1) is 10.1 Å². The molecule has 14 heteroatoms. The molecule has 1 heterocycles. The summed E-state index contributed by atoms with van der Waals surface area (Å²) >= 11 is 7.77. The van der Waals surface area contributed by atoms with Crippen molar-refractivity contribution in [3.8, 4) is 11.1 Å². The van der Waals surface area contributed by atoms with Crippen LogP contribution in [0.5, 0.6) is 0 Å². The highest BCUT2D eigenvalue weighted by Gasteiger charge is 2.27. The van der Waals surface area contributed by atoms with Gasteiger partial charge in [-0.2, -0.15) is 0 Å². The SMILES string of the molecule is CN(C)CCC(CSc1ccccc1)Nc1ccc(S(=O)(=O)NC(=O)c2ccc(N3CCC(N(C)Cc4ccccc4-c4ccc(Cl)cc4)CC3)cc2)cc1[N+](=O)[O-]. The Morgan fingerprint density at radius 2 is 1.59 bits per heavy atom. The Bertz CT molecular complexity index is 2270. The predicted octanol–water partition coefficient (Wildman–Crippen LogP) is 8.66. The molecule has 6 rings (SSSR count). The lowest BCUT2D eigenvalue weighted by atomic mass is 9.97. The summed E-state index contributed by atoms with van der Waals surface area (Å²) in [6, 6.07) is 37.0. The van der Waals surface area contributed by atoms with Crippen molar-refractivity contribution < 1.29 is 18.1 Å². The molecule has 0 saturated carbocycles. The Labute approximate surface area is 350 Å². The largest absolute Gasteiger partial charge is 0.376 e. The highest BCUT2D eigenvalue weighted by molar-refractivity contribution is 7.99. The molecular formula is C44H49ClN6O5S2. The molecule has 1 aliphatic heterocycles. The van der Waals surface area contributed by atoms with Crippen LogP contribution in [0.2, 0.25) is 5.02 Å². The van der Waals surface area contributed by atoms with Crippen molar-refractivity contribution in [3.63, 3.8) is 0 Å². The van der Waals surface area contributed by atoms with Crippen molar-refractivity contribution in [2.24, 2.45) is 0 Å². The number of piperidine rings is 1. The van der Waals surface area contributed by atoms with Gasteiger partial charge in [0.2, 0.25) is 0 Å². The molecule has 1 amide bonds. The Balaban J connectivity index is 1.05. The topological polar surface area (TPSA) is 128 Å². The maximum Gasteiger partial charge on any atom is 0.293 e. The fourth-order valence-electron chi connectivity index (χ4n) is 7.09. The molecule has 5 aromatic rings. The van der Waals surface area contributed by atoms with E-state index in [9.17, 15) is 23.3 Å². The van der Waals surface area contributed by atoms with E-state index in [-0.39, 0.29) is 22.2 Å². The average molecular weight is 842 g/mol. The van der Waals surface area contributed by atoms with E-state index in [4.69, 9.17) is 11.6 Å². The summed E-state index contributed by atoms with van der Waals surface area (Å²) in [6.07, 6.45) is 2.63. The third-order valence-corrected chi connectivity index (χ3v) is 13.1. The van der Waals surface area contributed by atoms with Crippen LogP contribution in [0.1, 0.15) is 35.2 Å². The number of carbonyl (C=O) groups excluding carboxylic acids is 1. The highest BCUT2D eigenvalue weighted by Crippen LogP contribution is 2.31. The van der Waals surface area contributed by atoms with E-state index in [0.29, 0.717) is 23.2 Å². The molecule has 0 aromatic heterocycles. The summed E-state index contributed by atoms with van der Waals surface area (Å²) in [5.41, 5.74) is 4.51. The van der Waals surface area contributed by atoms with Crippen LogP contribution in [0.15, 0.2) is 131 Å². The first-order chi connectivity index (χ1) is 27.9. The van der Waals surface area contributed by atoms with Crippen LogP contribution < -0.4 is 14.9 Å². The van der Waals surface area contributed by atoms with Gasteiger partial charge in [-0.05, 0) is 124 Å². The van der Waals surface area contributed by atoms with Crippen LogP contribution >= 0.6 is 23.4 Å². The van der Waals surface area contributed by atoms with Gasteiger partial charge in [-0.1, -0.05) is 66.2 Å². The molecule has 1 unspecified atom stereocenters. The number of carbonyl (C=O) groups is 1. The van der Waals surface area contributed by atoms with Crippen LogP contribution in [0.3, 0.4) is 0 Å². The minimum atomic E-state index is -4.43. The molecule has 2 N–H and O–H groups in total. The van der Waals surface area contributed by atoms with Gasteiger partial charge in [0.1, 0.15) is 5.69 Å². The molecule has 1 aliphatic rings. The molecule has 1 atom stereocenters. The van der Waals surface area contributed by atoms with E-state index in [1.165, 1.54) is 23.3 Å². The lowest BCUT2D eigenvalue weighted by Crippen LogP contribution is -2.43. The number of amides is 1. The van der Waals surface area contributed by atoms with E-state index in [0.717, 1.165) is 61.2 Å². The maximum absolute atomic E-state index is 13.4. The number of nitrogens with one attached hydrogen (secondary N) is 2. The lowest BCUT2D eigenvalue weighted by Gasteiger charge is -2.38. The second-order valence-corrected chi connectivity index (χ2v) is 18.0. The molecule has 0 aliphatic carbocycles. The normalized spacial score (nSPS) is 14.1. The van der Waals surface area contributed by atoms with E-state index in [2.05, 4.69) is 63.3 Å². The summed E-state index contributed by atoms with van der Waals surface area (Å²) in [6.45, 7) is 3.23. The fraction of sp³-hybridized carbons (Fsp3) is 0.295. The molecule has 5 aromatic carbocycles. The summed E-state index contributed by atoms with van der Waals surface area (Å²) < 4.78 is 28.9. The first-order valence-electron chi connectivity index (χ1n) is 19.2. The molecule has 11 nitrogen and oxygen atoms in total. The minimum Gasteiger partial charge on any atom is -0.376 e. The van der Waals surface area contributed by atoms with Crippen LogP contribution in [0.4, 0.5) is 17.1 Å². The Hall–Kier alpha value is -4.92. The molecular weight excluding hydrogens is 792 g/mol. The second kappa shape index (κ2) is 19.7. The van der Waals surface area contributed by atoms with E-state index >= 15 is 0 Å². The lowest BCUT2D eigenvalue weighted by molar-refractivity contribution is -0.384. The number of hydrogen-bond acceptors (Lipinski definition) is 10. The van der Waals surface area contributed by atoms with Crippen LogP contribution in [-0.2, 0) is 16.6 Å². The third kappa shape index (κ3) is 11.4. The molecule has 304 valence electrons. The van der Waals surface area contributed by atoms with E-state index in [1.807, 2.05) is 73.6 Å². The molecule has 58 heavy (non-hydrogen) atoms. The number of nitro groups is 1. The van der Waals surface area contributed by atoms with Gasteiger partial charge in [-0.3, -0.25) is 19.8 Å². The molecule has 0 bridgehead atoms. The summed E-state index contributed by atoms with van der Waals surface area (Å²) in [5.74, 6) is -0.182.